The highest BCUT2D eigenvalue weighted by molar-refractivity contribution is 7.94. The van der Waals surface area contributed by atoms with Crippen molar-refractivity contribution in [2.75, 3.05) is 6.26 Å². The Morgan fingerprint density at radius 2 is 2.00 bits per heavy atom. The third-order valence-corrected chi connectivity index (χ3v) is 7.97. The highest BCUT2D eigenvalue weighted by Gasteiger charge is 2.38. The Balaban J connectivity index is 2.65. The van der Waals surface area contributed by atoms with Gasteiger partial charge in [0.2, 0.25) is 0 Å². The molecule has 144 valence electrons. The van der Waals surface area contributed by atoms with Crippen LogP contribution >= 0.6 is 0 Å². The summed E-state index contributed by atoms with van der Waals surface area (Å²) in [6.45, 7) is 3.86. The number of nitrogens with two attached hydrogens (primary N) is 2. The molecule has 0 heterocycles. The van der Waals surface area contributed by atoms with Gasteiger partial charge in [0.1, 0.15) is 10.1 Å². The second-order valence-electron chi connectivity index (χ2n) is 6.67. The molecule has 26 heavy (non-hydrogen) atoms. The van der Waals surface area contributed by atoms with Crippen molar-refractivity contribution in [2.24, 2.45) is 22.4 Å². The Morgan fingerprint density at radius 3 is 2.46 bits per heavy atom. The maximum atomic E-state index is 13.1. The predicted molar refractivity (Wildman–Crippen MR) is 102 cm³/mol. The lowest BCUT2D eigenvalue weighted by atomic mass is 10.0. The van der Waals surface area contributed by atoms with Gasteiger partial charge in [0, 0.05) is 17.7 Å². The molecule has 0 spiro atoms. The van der Waals surface area contributed by atoms with Crippen molar-refractivity contribution >= 4 is 32.9 Å². The summed E-state index contributed by atoms with van der Waals surface area (Å²) in [7, 11) is -3.69. The van der Waals surface area contributed by atoms with E-state index in [0.717, 1.165) is 25.5 Å². The summed E-state index contributed by atoms with van der Waals surface area (Å²) in [6.07, 6.45) is 4.25. The van der Waals surface area contributed by atoms with E-state index in [4.69, 9.17) is 11.5 Å². The van der Waals surface area contributed by atoms with Gasteiger partial charge in [-0.1, -0.05) is 13.8 Å². The van der Waals surface area contributed by atoms with Crippen LogP contribution in [0.15, 0.2) is 26.9 Å². The summed E-state index contributed by atoms with van der Waals surface area (Å²) in [5.74, 6) is -0.847. The number of hydrogen-bond donors (Lipinski definition) is 2. The van der Waals surface area contributed by atoms with Gasteiger partial charge in [0.15, 0.2) is 20.7 Å². The molecular weight excluding hydrogens is 374 g/mol. The first kappa shape index (κ1) is 20.7. The summed E-state index contributed by atoms with van der Waals surface area (Å²) in [4.78, 5) is 16.0. The van der Waals surface area contributed by atoms with Crippen molar-refractivity contribution in [1.29, 1.82) is 0 Å². The molecule has 3 unspecified atom stereocenters. The zero-order chi connectivity index (χ0) is 19.6. The minimum absolute atomic E-state index is 0.0838. The summed E-state index contributed by atoms with van der Waals surface area (Å²) >= 11 is -1.47. The molecule has 7 nitrogen and oxygen atoms in total. The zero-order valence-corrected chi connectivity index (χ0v) is 16.8. The largest absolute Gasteiger partial charge is 0.611 e. The van der Waals surface area contributed by atoms with E-state index in [-0.39, 0.29) is 26.5 Å². The molecule has 0 saturated heterocycles. The number of carbonyl (C=O) groups is 1. The van der Waals surface area contributed by atoms with E-state index in [0.29, 0.717) is 12.0 Å². The molecule has 1 amide bonds. The smallest absolute Gasteiger partial charge is 0.280 e. The quantitative estimate of drug-likeness (QED) is 0.435. The molecule has 1 aromatic carbocycles. The third kappa shape index (κ3) is 4.39. The topological polar surface area (TPSA) is 139 Å². The lowest BCUT2D eigenvalue weighted by molar-refractivity contribution is 0.100. The number of aryl methyl sites for hydroxylation is 1. The third-order valence-electron chi connectivity index (χ3n) is 4.69. The van der Waals surface area contributed by atoms with Crippen LogP contribution in [0, 0.1) is 5.92 Å². The van der Waals surface area contributed by atoms with Crippen molar-refractivity contribution in [2.45, 2.75) is 54.6 Å². The average Bonchev–Trinajstić information content (AvgIpc) is 2.97. The summed E-state index contributed by atoms with van der Waals surface area (Å²) < 4.78 is 37.8. The average molecular weight is 400 g/mol. The number of nitrogens with zero attached hydrogens (tertiary/aromatic N) is 1. The lowest BCUT2D eigenvalue weighted by Gasteiger charge is -2.23. The Hall–Kier alpha value is -1.58. The molecular formula is C17H25N3O4S2. The molecule has 4 N–H and O–H groups in total. The van der Waals surface area contributed by atoms with Crippen LogP contribution in [0.1, 0.15) is 49.0 Å². The fourth-order valence-corrected chi connectivity index (χ4v) is 6.55. The van der Waals surface area contributed by atoms with Gasteiger partial charge in [-0.3, -0.25) is 4.79 Å². The summed E-state index contributed by atoms with van der Waals surface area (Å²) in [6, 6.07) is 2.82. The van der Waals surface area contributed by atoms with E-state index in [1.165, 1.54) is 6.07 Å². The standard InChI is InChI=1S/C17H25N3O4S2/c1-4-11-8-14(25(22)13-7-5-6-10(13)2)15(26(3,23)24)9-12(11)16(21)20-17(18)19/h8-10,13H,4-7H2,1-3H3,(H4,18,19,20,21). The number of amides is 1. The second-order valence-corrected chi connectivity index (χ2v) is 10.3. The van der Waals surface area contributed by atoms with Crippen molar-refractivity contribution in [3.8, 4) is 0 Å². The first-order chi connectivity index (χ1) is 12.1. The van der Waals surface area contributed by atoms with E-state index in [1.54, 1.807) is 6.07 Å². The summed E-state index contributed by atoms with van der Waals surface area (Å²) in [5, 5.41) is -0.0838. The molecule has 1 aliphatic carbocycles. The Morgan fingerprint density at radius 1 is 1.35 bits per heavy atom. The SMILES string of the molecule is CCc1cc([S+]([O-])C2CCCC2C)c(S(C)(=O)=O)cc1C(=O)N=C(N)N. The molecule has 1 aromatic rings. The normalized spacial score (nSPS) is 21.4. The Labute approximate surface area is 157 Å². The van der Waals surface area contributed by atoms with Crippen LogP contribution in [-0.2, 0) is 27.4 Å². The number of guanidine groups is 1. The maximum absolute atomic E-state index is 13.1. The van der Waals surface area contributed by atoms with Crippen molar-refractivity contribution in [3.63, 3.8) is 0 Å². The monoisotopic (exact) mass is 399 g/mol. The maximum Gasteiger partial charge on any atom is 0.280 e. The minimum atomic E-state index is -3.69. The molecule has 0 radical (unpaired) electrons. The number of sulfone groups is 1. The number of rotatable bonds is 5. The van der Waals surface area contributed by atoms with E-state index < -0.39 is 32.9 Å². The molecule has 1 aliphatic rings. The molecule has 0 aliphatic heterocycles. The highest BCUT2D eigenvalue weighted by Crippen LogP contribution is 2.37. The zero-order valence-electron chi connectivity index (χ0n) is 15.2. The number of benzene rings is 1. The van der Waals surface area contributed by atoms with Crippen molar-refractivity contribution in [1.82, 2.24) is 0 Å². The van der Waals surface area contributed by atoms with E-state index in [9.17, 15) is 17.8 Å². The van der Waals surface area contributed by atoms with E-state index in [1.807, 2.05) is 13.8 Å². The summed E-state index contributed by atoms with van der Waals surface area (Å²) in [5.41, 5.74) is 11.2. The van der Waals surface area contributed by atoms with Gasteiger partial charge in [0.05, 0.1) is 0 Å². The van der Waals surface area contributed by atoms with Gasteiger partial charge in [-0.2, -0.15) is 4.99 Å². The fraction of sp³-hybridized carbons (Fsp3) is 0.529. The first-order valence-corrected chi connectivity index (χ1v) is 11.6. The Kier molecular flexibility index (Phi) is 6.36. The van der Waals surface area contributed by atoms with Gasteiger partial charge >= 0.3 is 0 Å². The van der Waals surface area contributed by atoms with E-state index >= 15 is 0 Å². The van der Waals surface area contributed by atoms with Gasteiger partial charge in [-0.25, -0.2) is 8.42 Å². The predicted octanol–water partition coefficient (Wildman–Crippen LogP) is 1.36. The highest BCUT2D eigenvalue weighted by atomic mass is 32.2. The molecule has 1 fully saturated rings. The number of hydrogen-bond acceptors (Lipinski definition) is 4. The van der Waals surface area contributed by atoms with E-state index in [2.05, 4.69) is 4.99 Å². The molecule has 2 rings (SSSR count). The minimum Gasteiger partial charge on any atom is -0.611 e. The molecule has 3 atom stereocenters. The van der Waals surface area contributed by atoms with Gasteiger partial charge in [0.25, 0.3) is 5.91 Å². The van der Waals surface area contributed by atoms with Crippen LogP contribution in [0.25, 0.3) is 0 Å². The van der Waals surface area contributed by atoms with Gasteiger partial charge < -0.3 is 16.0 Å². The van der Waals surface area contributed by atoms with Crippen LogP contribution in [0.2, 0.25) is 0 Å². The van der Waals surface area contributed by atoms with Crippen LogP contribution in [0.4, 0.5) is 0 Å². The molecule has 9 heteroatoms. The lowest BCUT2D eigenvalue weighted by Crippen LogP contribution is -2.26. The van der Waals surface area contributed by atoms with Crippen LogP contribution in [0.3, 0.4) is 0 Å². The van der Waals surface area contributed by atoms with Crippen molar-refractivity contribution in [3.05, 3.63) is 23.3 Å². The number of carbonyl (C=O) groups excluding carboxylic acids is 1. The first-order valence-electron chi connectivity index (χ1n) is 8.47. The van der Waals surface area contributed by atoms with Crippen LogP contribution in [0.5, 0.6) is 0 Å². The number of aliphatic imine (C=N–C) groups is 1. The Bertz CT molecular complexity index is 833. The fourth-order valence-electron chi connectivity index (χ4n) is 3.31. The second kappa shape index (κ2) is 7.98. The van der Waals surface area contributed by atoms with Crippen molar-refractivity contribution < 1.29 is 17.8 Å². The van der Waals surface area contributed by atoms with Gasteiger partial charge in [-0.05, 0) is 54.6 Å². The van der Waals surface area contributed by atoms with Gasteiger partial charge in [-0.15, -0.1) is 0 Å². The molecule has 0 aromatic heterocycles. The van der Waals surface area contributed by atoms with Crippen LogP contribution in [-0.4, -0.2) is 36.3 Å². The molecule has 0 bridgehead atoms. The van der Waals surface area contributed by atoms with Crippen LogP contribution < -0.4 is 11.5 Å². The molecule has 1 saturated carbocycles.